The fourth-order valence-electron chi connectivity index (χ4n) is 1.52. The van der Waals surface area contributed by atoms with Crippen LogP contribution in [0.1, 0.15) is 10.4 Å². The van der Waals surface area contributed by atoms with Crippen molar-refractivity contribution in [2.24, 2.45) is 0 Å². The van der Waals surface area contributed by atoms with Gasteiger partial charge in [0.2, 0.25) is 10.0 Å². The Morgan fingerprint density at radius 1 is 1.10 bits per heavy atom. The van der Waals surface area contributed by atoms with Gasteiger partial charge in [0.25, 0.3) is 5.91 Å². The molecule has 1 aromatic heterocycles. The van der Waals surface area contributed by atoms with Crippen LogP contribution in [0.2, 0.25) is 0 Å². The summed E-state index contributed by atoms with van der Waals surface area (Å²) in [6.07, 6.45) is 1.86. The van der Waals surface area contributed by atoms with E-state index in [1.807, 2.05) is 6.07 Å². The maximum Gasteiger partial charge on any atom is 0.254 e. The van der Waals surface area contributed by atoms with E-state index in [1.165, 1.54) is 12.4 Å². The number of carbonyl (C=O) groups is 1. The summed E-state index contributed by atoms with van der Waals surface area (Å²) in [7, 11) is 0. The third-order valence-electron chi connectivity index (χ3n) is 2.50. The van der Waals surface area contributed by atoms with E-state index < -0.39 is 15.9 Å². The van der Waals surface area contributed by atoms with Crippen LogP contribution in [0.4, 0.5) is 0 Å². The number of pyridine rings is 1. The van der Waals surface area contributed by atoms with Gasteiger partial charge in [-0.05, 0) is 24.3 Å². The van der Waals surface area contributed by atoms with Crippen molar-refractivity contribution in [1.29, 1.82) is 0 Å². The summed E-state index contributed by atoms with van der Waals surface area (Å²) >= 11 is 17.6. The molecule has 2 rings (SSSR count). The van der Waals surface area contributed by atoms with Crippen LogP contribution in [0, 0.1) is 0 Å². The minimum atomic E-state index is -1.82. The van der Waals surface area contributed by atoms with Crippen molar-refractivity contribution in [1.82, 2.24) is 10.3 Å². The number of nitrogens with one attached hydrogen (secondary N) is 1. The minimum absolute atomic E-state index is 0.390. The molecule has 7 heteroatoms. The van der Waals surface area contributed by atoms with Crippen molar-refractivity contribution < 1.29 is 9.53 Å². The first-order valence-electron chi connectivity index (χ1n) is 5.96. The Morgan fingerprint density at radius 2 is 1.71 bits per heavy atom. The van der Waals surface area contributed by atoms with Gasteiger partial charge < -0.3 is 10.1 Å². The van der Waals surface area contributed by atoms with Crippen molar-refractivity contribution in [3.8, 4) is 5.75 Å². The molecule has 1 N–H and O–H groups in total. The Morgan fingerprint density at radius 3 is 2.29 bits per heavy atom. The van der Waals surface area contributed by atoms with E-state index in [2.05, 4.69) is 10.3 Å². The average Bonchev–Trinajstić information content (AvgIpc) is 2.47. The quantitative estimate of drug-likeness (QED) is 0.680. The Balaban J connectivity index is 2.12. The summed E-state index contributed by atoms with van der Waals surface area (Å²) in [4.78, 5) is 15.9. The number of hydrogen-bond donors (Lipinski definition) is 1. The van der Waals surface area contributed by atoms with Crippen molar-refractivity contribution in [3.63, 3.8) is 0 Å². The van der Waals surface area contributed by atoms with E-state index in [9.17, 15) is 4.79 Å². The normalized spacial score (nSPS) is 12.5. The lowest BCUT2D eigenvalue weighted by molar-refractivity contribution is 0.0833. The molecular formula is C14H11Cl3N2O2. The molecule has 21 heavy (non-hydrogen) atoms. The molecule has 2 aromatic rings. The van der Waals surface area contributed by atoms with Crippen LogP contribution in [-0.2, 0) is 0 Å². The van der Waals surface area contributed by atoms with Crippen LogP contribution in [0.15, 0.2) is 54.9 Å². The number of carbonyl (C=O) groups excluding carboxylic acids is 1. The molecule has 0 radical (unpaired) electrons. The third-order valence-corrected chi connectivity index (χ3v) is 3.09. The van der Waals surface area contributed by atoms with Crippen LogP contribution < -0.4 is 10.1 Å². The number of amides is 1. The minimum Gasteiger partial charge on any atom is -0.466 e. The number of ether oxygens (including phenoxy) is 1. The van der Waals surface area contributed by atoms with E-state index in [0.717, 1.165) is 0 Å². The van der Waals surface area contributed by atoms with Gasteiger partial charge in [-0.1, -0.05) is 53.0 Å². The largest absolute Gasteiger partial charge is 0.466 e. The predicted octanol–water partition coefficient (Wildman–Crippen LogP) is 3.59. The molecule has 0 aliphatic heterocycles. The fourth-order valence-corrected chi connectivity index (χ4v) is 1.82. The molecule has 0 bridgehead atoms. The lowest BCUT2D eigenvalue weighted by Crippen LogP contribution is -2.47. The Kier molecular flexibility index (Phi) is 5.28. The highest BCUT2D eigenvalue weighted by Crippen LogP contribution is 2.32. The number of nitrogens with zero attached hydrogens (tertiary/aromatic N) is 1. The van der Waals surface area contributed by atoms with Crippen molar-refractivity contribution in [2.45, 2.75) is 10.0 Å². The molecule has 1 heterocycles. The molecule has 0 spiro atoms. The van der Waals surface area contributed by atoms with Crippen LogP contribution in [0.3, 0.4) is 0 Å². The van der Waals surface area contributed by atoms with Gasteiger partial charge >= 0.3 is 0 Å². The van der Waals surface area contributed by atoms with Crippen molar-refractivity contribution in [2.75, 3.05) is 0 Å². The highest BCUT2D eigenvalue weighted by molar-refractivity contribution is 6.68. The number of rotatable bonds is 4. The zero-order chi connectivity index (χ0) is 15.3. The maximum atomic E-state index is 12.1. The van der Waals surface area contributed by atoms with Gasteiger partial charge in [0, 0.05) is 18.0 Å². The number of benzene rings is 1. The predicted molar refractivity (Wildman–Crippen MR) is 82.9 cm³/mol. The monoisotopic (exact) mass is 344 g/mol. The van der Waals surface area contributed by atoms with Crippen molar-refractivity contribution >= 4 is 40.7 Å². The van der Waals surface area contributed by atoms with Gasteiger partial charge in [-0.2, -0.15) is 0 Å². The third kappa shape index (κ3) is 4.77. The molecule has 110 valence electrons. The Labute approximate surface area is 137 Å². The van der Waals surface area contributed by atoms with E-state index in [1.54, 1.807) is 36.4 Å². The molecule has 0 aliphatic rings. The van der Waals surface area contributed by atoms with Crippen LogP contribution in [0.25, 0.3) is 0 Å². The number of alkyl halides is 3. The zero-order valence-electron chi connectivity index (χ0n) is 10.7. The van der Waals surface area contributed by atoms with Gasteiger partial charge in [0.1, 0.15) is 5.75 Å². The van der Waals surface area contributed by atoms with Gasteiger partial charge in [0.05, 0.1) is 0 Å². The highest BCUT2D eigenvalue weighted by atomic mass is 35.6. The Bertz CT molecular complexity index is 588. The van der Waals surface area contributed by atoms with E-state index in [-0.39, 0.29) is 0 Å². The number of hydrogen-bond acceptors (Lipinski definition) is 3. The number of halogens is 3. The second kappa shape index (κ2) is 6.98. The summed E-state index contributed by atoms with van der Waals surface area (Å²) in [5.74, 6) is 0.0495. The first-order valence-corrected chi connectivity index (χ1v) is 7.09. The highest BCUT2D eigenvalue weighted by Gasteiger charge is 2.36. The topological polar surface area (TPSA) is 51.2 Å². The summed E-state index contributed by atoms with van der Waals surface area (Å²) in [5.41, 5.74) is 0.390. The van der Waals surface area contributed by atoms with Gasteiger partial charge in [-0.3, -0.25) is 9.78 Å². The summed E-state index contributed by atoms with van der Waals surface area (Å²) in [6.45, 7) is 0. The van der Waals surface area contributed by atoms with E-state index in [0.29, 0.717) is 11.3 Å². The lowest BCUT2D eigenvalue weighted by Gasteiger charge is -2.26. The molecule has 0 aliphatic carbocycles. The van der Waals surface area contributed by atoms with E-state index >= 15 is 0 Å². The average molecular weight is 346 g/mol. The molecule has 4 nitrogen and oxygen atoms in total. The van der Waals surface area contributed by atoms with E-state index in [4.69, 9.17) is 39.5 Å². The summed E-state index contributed by atoms with van der Waals surface area (Å²) < 4.78 is 3.71. The zero-order valence-corrected chi connectivity index (χ0v) is 12.9. The van der Waals surface area contributed by atoms with Crippen LogP contribution >= 0.6 is 34.8 Å². The van der Waals surface area contributed by atoms with Crippen LogP contribution in [0.5, 0.6) is 5.75 Å². The summed E-state index contributed by atoms with van der Waals surface area (Å²) in [6, 6.07) is 11.9. The molecule has 1 aromatic carbocycles. The van der Waals surface area contributed by atoms with Gasteiger partial charge in [-0.25, -0.2) is 0 Å². The first kappa shape index (κ1) is 15.9. The second-order valence-corrected chi connectivity index (χ2v) is 6.43. The molecule has 0 saturated heterocycles. The lowest BCUT2D eigenvalue weighted by atomic mass is 10.2. The number of aromatic nitrogens is 1. The fraction of sp³-hybridized carbons (Fsp3) is 0.143. The smallest absolute Gasteiger partial charge is 0.254 e. The maximum absolute atomic E-state index is 12.1. The molecule has 0 fully saturated rings. The molecule has 1 amide bonds. The SMILES string of the molecule is O=C(NC(Oc1ccccc1)C(Cl)(Cl)Cl)c1ccncc1. The Hall–Kier alpha value is -1.49. The molecule has 0 saturated carbocycles. The van der Waals surface area contributed by atoms with Gasteiger partial charge in [-0.15, -0.1) is 0 Å². The standard InChI is InChI=1S/C14H11Cl3N2O2/c15-14(16,17)13(21-11-4-2-1-3-5-11)19-12(20)10-6-8-18-9-7-10/h1-9,13H,(H,19,20). The molecule has 1 atom stereocenters. The van der Waals surface area contributed by atoms with Crippen molar-refractivity contribution in [3.05, 3.63) is 60.4 Å². The van der Waals surface area contributed by atoms with Crippen LogP contribution in [-0.4, -0.2) is 20.9 Å². The summed E-state index contributed by atoms with van der Waals surface area (Å²) in [5, 5.41) is 2.54. The molecule has 1 unspecified atom stereocenters. The van der Waals surface area contributed by atoms with Gasteiger partial charge in [0.15, 0.2) is 0 Å². The second-order valence-electron chi connectivity index (χ2n) is 4.06. The first-order chi connectivity index (χ1) is 9.97. The molecular weight excluding hydrogens is 335 g/mol. The number of para-hydroxylation sites is 1.